The maximum atomic E-state index is 12.5. The van der Waals surface area contributed by atoms with Gasteiger partial charge >= 0.3 is 5.97 Å². The summed E-state index contributed by atoms with van der Waals surface area (Å²) in [6.07, 6.45) is 11.7. The average Bonchev–Trinajstić information content (AvgIpc) is 3.16. The van der Waals surface area contributed by atoms with Gasteiger partial charge in [0.05, 0.1) is 35.9 Å². The van der Waals surface area contributed by atoms with E-state index in [9.17, 15) is 14.7 Å². The second-order valence-corrected chi connectivity index (χ2v) is 8.49. The molecular weight excluding hydrogens is 466 g/mol. The maximum Gasteiger partial charge on any atom is 0.337 e. The standard InChI is InChI=1S/C22H22BrN3O5/c23-14-4-7-18(17(10-14)21(28)29)26-20(27)19-12-24-15(11-25-19)5-6-16-13-30-22(31-16)8-2-1-3-9-22/h4-7,10-12,16H,1-3,8-9,13H2,(H,26,27)(H,28,29)/b6-5+. The number of carbonyl (C=O) groups is 2. The lowest BCUT2D eigenvalue weighted by atomic mass is 9.94. The molecule has 2 fully saturated rings. The van der Waals surface area contributed by atoms with Gasteiger partial charge in [-0.1, -0.05) is 28.4 Å². The highest BCUT2D eigenvalue weighted by Gasteiger charge is 2.41. The Kier molecular flexibility index (Phi) is 6.45. The number of rotatable bonds is 5. The molecule has 1 aromatic heterocycles. The lowest BCUT2D eigenvalue weighted by molar-refractivity contribution is -0.182. The number of benzene rings is 1. The fraction of sp³-hybridized carbons (Fsp3) is 0.364. The van der Waals surface area contributed by atoms with Gasteiger partial charge in [-0.2, -0.15) is 0 Å². The number of hydrogen-bond donors (Lipinski definition) is 2. The molecule has 1 amide bonds. The van der Waals surface area contributed by atoms with E-state index in [1.165, 1.54) is 30.9 Å². The number of hydrogen-bond acceptors (Lipinski definition) is 6. The Labute approximate surface area is 187 Å². The van der Waals surface area contributed by atoms with Crippen molar-refractivity contribution in [1.82, 2.24) is 9.97 Å². The summed E-state index contributed by atoms with van der Waals surface area (Å²) in [5, 5.41) is 11.9. The predicted octanol–water partition coefficient (Wildman–Crippen LogP) is 4.28. The van der Waals surface area contributed by atoms with Crippen LogP contribution in [0.25, 0.3) is 6.08 Å². The molecule has 0 radical (unpaired) electrons. The smallest absolute Gasteiger partial charge is 0.337 e. The monoisotopic (exact) mass is 487 g/mol. The molecule has 1 aliphatic carbocycles. The molecule has 0 bridgehead atoms. The zero-order valence-electron chi connectivity index (χ0n) is 16.7. The molecule has 2 N–H and O–H groups in total. The van der Waals surface area contributed by atoms with Crippen molar-refractivity contribution >= 4 is 39.6 Å². The quantitative estimate of drug-likeness (QED) is 0.647. The molecule has 2 aromatic rings. The molecule has 162 valence electrons. The second kappa shape index (κ2) is 9.25. The fourth-order valence-corrected chi connectivity index (χ4v) is 4.12. The molecule has 1 aromatic carbocycles. The summed E-state index contributed by atoms with van der Waals surface area (Å²) < 4.78 is 12.6. The summed E-state index contributed by atoms with van der Waals surface area (Å²) >= 11 is 3.22. The van der Waals surface area contributed by atoms with Crippen LogP contribution in [0.1, 0.15) is 58.6 Å². The first kappa shape index (κ1) is 21.6. The predicted molar refractivity (Wildman–Crippen MR) is 117 cm³/mol. The second-order valence-electron chi connectivity index (χ2n) is 7.57. The Hall–Kier alpha value is -2.62. The van der Waals surface area contributed by atoms with Gasteiger partial charge in [-0.3, -0.25) is 9.78 Å². The third kappa shape index (κ3) is 5.17. The molecule has 31 heavy (non-hydrogen) atoms. The van der Waals surface area contributed by atoms with Gasteiger partial charge in [0.1, 0.15) is 11.8 Å². The van der Waals surface area contributed by atoms with E-state index >= 15 is 0 Å². The van der Waals surface area contributed by atoms with Crippen molar-refractivity contribution < 1.29 is 24.2 Å². The van der Waals surface area contributed by atoms with Crippen molar-refractivity contribution in [3.05, 3.63) is 58.1 Å². The third-order valence-electron chi connectivity index (χ3n) is 5.34. The summed E-state index contributed by atoms with van der Waals surface area (Å²) in [5.74, 6) is -2.11. The van der Waals surface area contributed by atoms with Gasteiger partial charge in [0, 0.05) is 17.3 Å². The molecule has 1 atom stereocenters. The number of amides is 1. The summed E-state index contributed by atoms with van der Waals surface area (Å²) in [7, 11) is 0. The van der Waals surface area contributed by atoms with Crippen LogP contribution in [0.3, 0.4) is 0 Å². The van der Waals surface area contributed by atoms with Crippen LogP contribution in [-0.4, -0.2) is 45.4 Å². The van der Waals surface area contributed by atoms with Gasteiger partial charge in [-0.25, -0.2) is 9.78 Å². The number of carboxylic acids is 1. The molecule has 1 aliphatic heterocycles. The van der Waals surface area contributed by atoms with Crippen LogP contribution in [0.4, 0.5) is 5.69 Å². The molecule has 1 spiro atoms. The van der Waals surface area contributed by atoms with Crippen LogP contribution in [0, 0.1) is 0 Å². The van der Waals surface area contributed by atoms with E-state index < -0.39 is 17.7 Å². The number of nitrogens with zero attached hydrogens (tertiary/aromatic N) is 2. The Balaban J connectivity index is 1.38. The minimum Gasteiger partial charge on any atom is -0.478 e. The number of aromatic carboxylic acids is 1. The molecule has 2 aliphatic rings. The highest BCUT2D eigenvalue weighted by atomic mass is 79.9. The lowest BCUT2D eigenvalue weighted by Crippen LogP contribution is -2.33. The first-order valence-electron chi connectivity index (χ1n) is 10.1. The zero-order chi connectivity index (χ0) is 21.8. The van der Waals surface area contributed by atoms with Gasteiger partial charge in [-0.15, -0.1) is 0 Å². The van der Waals surface area contributed by atoms with E-state index in [1.54, 1.807) is 12.1 Å². The van der Waals surface area contributed by atoms with Gasteiger partial charge in [0.2, 0.25) is 0 Å². The van der Waals surface area contributed by atoms with E-state index in [-0.39, 0.29) is 23.0 Å². The van der Waals surface area contributed by atoms with E-state index in [4.69, 9.17) is 9.47 Å². The number of ether oxygens (including phenoxy) is 2. The highest BCUT2D eigenvalue weighted by Crippen LogP contribution is 2.38. The van der Waals surface area contributed by atoms with Crippen LogP contribution in [0.15, 0.2) is 41.1 Å². The van der Waals surface area contributed by atoms with Crippen molar-refractivity contribution in [1.29, 1.82) is 0 Å². The molecule has 8 nitrogen and oxygen atoms in total. The van der Waals surface area contributed by atoms with Gasteiger partial charge in [-0.05, 0) is 37.1 Å². The van der Waals surface area contributed by atoms with Crippen LogP contribution in [-0.2, 0) is 9.47 Å². The lowest BCUT2D eigenvalue weighted by Gasteiger charge is -2.31. The highest BCUT2D eigenvalue weighted by molar-refractivity contribution is 9.10. The van der Waals surface area contributed by atoms with E-state index in [2.05, 4.69) is 31.2 Å². The maximum absolute atomic E-state index is 12.5. The number of carboxylic acid groups (broad SMARTS) is 1. The SMILES string of the molecule is O=C(Nc1ccc(Br)cc1C(=O)O)c1cnc(/C=C/C2COC3(CCCCC3)O2)cn1. The zero-order valence-corrected chi connectivity index (χ0v) is 18.3. The summed E-state index contributed by atoms with van der Waals surface area (Å²) in [4.78, 5) is 32.2. The molecule has 1 unspecified atom stereocenters. The Morgan fingerprint density at radius 2 is 2.00 bits per heavy atom. The number of anilines is 1. The average molecular weight is 488 g/mol. The molecule has 1 saturated heterocycles. The number of nitrogens with one attached hydrogen (secondary N) is 1. The Bertz CT molecular complexity index is 1000. The van der Waals surface area contributed by atoms with E-state index in [1.807, 2.05) is 6.08 Å². The van der Waals surface area contributed by atoms with Gasteiger partial charge in [0.15, 0.2) is 5.79 Å². The summed E-state index contributed by atoms with van der Waals surface area (Å²) in [6.45, 7) is 0.517. The first-order valence-corrected chi connectivity index (χ1v) is 10.9. The van der Waals surface area contributed by atoms with Crippen LogP contribution in [0.5, 0.6) is 0 Å². The molecular formula is C22H22BrN3O5. The van der Waals surface area contributed by atoms with E-state index in [0.717, 1.165) is 25.7 Å². The first-order chi connectivity index (χ1) is 14.9. The summed E-state index contributed by atoms with van der Waals surface area (Å²) in [6, 6.07) is 4.58. The minimum atomic E-state index is -1.14. The summed E-state index contributed by atoms with van der Waals surface area (Å²) in [5.41, 5.74) is 0.823. The van der Waals surface area contributed by atoms with Crippen molar-refractivity contribution in [2.24, 2.45) is 0 Å². The Morgan fingerprint density at radius 1 is 1.19 bits per heavy atom. The molecule has 4 rings (SSSR count). The van der Waals surface area contributed by atoms with Crippen molar-refractivity contribution in [3.63, 3.8) is 0 Å². The molecule has 9 heteroatoms. The van der Waals surface area contributed by atoms with Gasteiger partial charge in [0.25, 0.3) is 5.91 Å². The number of carbonyl (C=O) groups excluding carboxylic acids is 1. The molecule has 2 heterocycles. The van der Waals surface area contributed by atoms with Gasteiger partial charge < -0.3 is 19.9 Å². The van der Waals surface area contributed by atoms with E-state index in [0.29, 0.717) is 16.8 Å². The van der Waals surface area contributed by atoms with Crippen LogP contribution < -0.4 is 5.32 Å². The normalized spacial score (nSPS) is 20.2. The van der Waals surface area contributed by atoms with Crippen molar-refractivity contribution in [2.45, 2.75) is 44.0 Å². The van der Waals surface area contributed by atoms with Crippen LogP contribution in [0.2, 0.25) is 0 Å². The Morgan fingerprint density at radius 3 is 2.71 bits per heavy atom. The van der Waals surface area contributed by atoms with Crippen LogP contribution >= 0.6 is 15.9 Å². The minimum absolute atomic E-state index is 0.0234. The fourth-order valence-electron chi connectivity index (χ4n) is 3.76. The third-order valence-corrected chi connectivity index (χ3v) is 5.83. The van der Waals surface area contributed by atoms with Crippen molar-refractivity contribution in [2.75, 3.05) is 11.9 Å². The van der Waals surface area contributed by atoms with Crippen molar-refractivity contribution in [3.8, 4) is 0 Å². The number of halogens is 1. The number of aromatic nitrogens is 2. The topological polar surface area (TPSA) is 111 Å². The largest absolute Gasteiger partial charge is 0.478 e. The molecule has 1 saturated carbocycles.